The van der Waals surface area contributed by atoms with Crippen LogP contribution >= 0.6 is 11.6 Å². The van der Waals surface area contributed by atoms with Crippen LogP contribution in [0.3, 0.4) is 0 Å². The van der Waals surface area contributed by atoms with Crippen molar-refractivity contribution in [2.24, 2.45) is 0 Å². The normalized spacial score (nSPS) is 16.0. The van der Waals surface area contributed by atoms with Crippen molar-refractivity contribution in [1.82, 2.24) is 9.62 Å². The van der Waals surface area contributed by atoms with Crippen LogP contribution < -0.4 is 10.0 Å². The first-order valence-electron chi connectivity index (χ1n) is 8.98. The van der Waals surface area contributed by atoms with Gasteiger partial charge in [-0.15, -0.1) is 0 Å². The average Bonchev–Trinajstić information content (AvgIpc) is 2.66. The number of hydrogen-bond acceptors (Lipinski definition) is 4. The van der Waals surface area contributed by atoms with Gasteiger partial charge in [0.15, 0.2) is 0 Å². The molecule has 1 amide bonds. The molecule has 3 rings (SSSR count). The number of anilines is 1. The fourth-order valence-corrected chi connectivity index (χ4v) is 4.53. The van der Waals surface area contributed by atoms with Gasteiger partial charge < -0.3 is 5.32 Å². The van der Waals surface area contributed by atoms with Gasteiger partial charge in [0.1, 0.15) is 11.6 Å². The third kappa shape index (κ3) is 5.96. The molecule has 0 aromatic heterocycles. The zero-order chi connectivity index (χ0) is 21.0. The zero-order valence-corrected chi connectivity index (χ0v) is 16.9. The minimum Gasteiger partial charge on any atom is -0.322 e. The Bertz CT molecular complexity index is 979. The number of amides is 1. The molecule has 0 bridgehead atoms. The van der Waals surface area contributed by atoms with Crippen LogP contribution in [-0.2, 0) is 14.8 Å². The molecule has 2 aromatic rings. The van der Waals surface area contributed by atoms with Gasteiger partial charge >= 0.3 is 0 Å². The predicted molar refractivity (Wildman–Crippen MR) is 106 cm³/mol. The van der Waals surface area contributed by atoms with Gasteiger partial charge in [-0.2, -0.15) is 0 Å². The number of hydrogen-bond donors (Lipinski definition) is 2. The largest absolute Gasteiger partial charge is 0.322 e. The minimum absolute atomic E-state index is 0.00656. The second-order valence-electron chi connectivity index (χ2n) is 6.80. The molecule has 0 unspecified atom stereocenters. The van der Waals surface area contributed by atoms with Gasteiger partial charge in [0.05, 0.1) is 17.1 Å². The van der Waals surface area contributed by atoms with Gasteiger partial charge in [-0.3, -0.25) is 9.69 Å². The Kier molecular flexibility index (Phi) is 6.84. The molecule has 1 aliphatic rings. The summed E-state index contributed by atoms with van der Waals surface area (Å²) in [6.07, 6.45) is 1.04. The number of nitrogens with one attached hydrogen (secondary N) is 2. The fourth-order valence-electron chi connectivity index (χ4n) is 3.10. The third-order valence-corrected chi connectivity index (χ3v) is 6.39. The van der Waals surface area contributed by atoms with E-state index in [0.29, 0.717) is 31.0 Å². The van der Waals surface area contributed by atoms with Crippen LogP contribution in [0.4, 0.5) is 14.5 Å². The lowest BCUT2D eigenvalue weighted by Crippen LogP contribution is -2.46. The standard InChI is InChI=1S/C19H20ClF2N3O3S/c20-13-1-4-16(5-2-13)29(27,28)24-15-7-9-25(10-8-15)12-19(26)23-18-11-14(21)3-6-17(18)22/h1-6,11,15,24H,7-10,12H2,(H,23,26). The van der Waals surface area contributed by atoms with Crippen LogP contribution in [0, 0.1) is 11.6 Å². The maximum absolute atomic E-state index is 13.6. The molecule has 1 fully saturated rings. The monoisotopic (exact) mass is 443 g/mol. The number of sulfonamides is 1. The first kappa shape index (κ1) is 21.6. The average molecular weight is 444 g/mol. The highest BCUT2D eigenvalue weighted by atomic mass is 35.5. The summed E-state index contributed by atoms with van der Waals surface area (Å²) in [5, 5.41) is 2.81. The minimum atomic E-state index is -3.65. The first-order chi connectivity index (χ1) is 13.7. The van der Waals surface area contributed by atoms with Crippen LogP contribution in [0.1, 0.15) is 12.8 Å². The SMILES string of the molecule is O=C(CN1CCC(NS(=O)(=O)c2ccc(Cl)cc2)CC1)Nc1cc(F)ccc1F. The van der Waals surface area contributed by atoms with Crippen LogP contribution in [-0.4, -0.2) is 44.9 Å². The van der Waals surface area contributed by atoms with E-state index < -0.39 is 27.6 Å². The third-order valence-electron chi connectivity index (χ3n) is 4.60. The Morgan fingerprint density at radius 3 is 2.41 bits per heavy atom. The van der Waals surface area contributed by atoms with Crippen molar-refractivity contribution in [2.45, 2.75) is 23.8 Å². The summed E-state index contributed by atoms with van der Waals surface area (Å²) >= 11 is 5.79. The molecule has 1 heterocycles. The van der Waals surface area contributed by atoms with E-state index in [-0.39, 0.29) is 23.2 Å². The Labute approximate surface area is 172 Å². The number of piperidine rings is 1. The summed E-state index contributed by atoms with van der Waals surface area (Å²) in [7, 11) is -3.65. The van der Waals surface area contributed by atoms with Crippen molar-refractivity contribution in [3.05, 3.63) is 59.1 Å². The highest BCUT2D eigenvalue weighted by molar-refractivity contribution is 7.89. The molecule has 0 radical (unpaired) electrons. The molecule has 1 saturated heterocycles. The Morgan fingerprint density at radius 1 is 1.10 bits per heavy atom. The molecular weight excluding hydrogens is 424 g/mol. The number of likely N-dealkylation sites (tertiary alicyclic amines) is 1. The van der Waals surface area contributed by atoms with E-state index in [9.17, 15) is 22.0 Å². The highest BCUT2D eigenvalue weighted by Crippen LogP contribution is 2.18. The van der Waals surface area contributed by atoms with Crippen molar-refractivity contribution in [3.8, 4) is 0 Å². The second-order valence-corrected chi connectivity index (χ2v) is 8.95. The molecule has 0 saturated carbocycles. The number of carbonyl (C=O) groups excluding carboxylic acids is 1. The van der Waals surface area contributed by atoms with E-state index in [0.717, 1.165) is 18.2 Å². The van der Waals surface area contributed by atoms with Crippen LogP contribution in [0.25, 0.3) is 0 Å². The Morgan fingerprint density at radius 2 is 1.76 bits per heavy atom. The van der Waals surface area contributed by atoms with E-state index in [1.807, 2.05) is 4.90 Å². The van der Waals surface area contributed by atoms with Crippen LogP contribution in [0.5, 0.6) is 0 Å². The van der Waals surface area contributed by atoms with Crippen molar-refractivity contribution < 1.29 is 22.0 Å². The number of nitrogens with zero attached hydrogens (tertiary/aromatic N) is 1. The van der Waals surface area contributed by atoms with Gasteiger partial charge in [-0.1, -0.05) is 11.6 Å². The van der Waals surface area contributed by atoms with Gasteiger partial charge in [-0.05, 0) is 49.2 Å². The van der Waals surface area contributed by atoms with Crippen molar-refractivity contribution >= 4 is 33.2 Å². The van der Waals surface area contributed by atoms with Gasteiger partial charge in [0.2, 0.25) is 15.9 Å². The van der Waals surface area contributed by atoms with Crippen molar-refractivity contribution in [2.75, 3.05) is 25.0 Å². The molecule has 29 heavy (non-hydrogen) atoms. The number of rotatable bonds is 6. The number of benzene rings is 2. The smallest absolute Gasteiger partial charge is 0.240 e. The molecule has 0 spiro atoms. The van der Waals surface area contributed by atoms with E-state index in [4.69, 9.17) is 11.6 Å². The predicted octanol–water partition coefficient (Wildman–Crippen LogP) is 3.00. The Hall–Kier alpha value is -2.07. The quantitative estimate of drug-likeness (QED) is 0.719. The maximum atomic E-state index is 13.6. The van der Waals surface area contributed by atoms with Gasteiger partial charge in [0.25, 0.3) is 0 Å². The maximum Gasteiger partial charge on any atom is 0.240 e. The summed E-state index contributed by atoms with van der Waals surface area (Å²) in [5.74, 6) is -1.82. The molecule has 0 atom stereocenters. The van der Waals surface area contributed by atoms with E-state index >= 15 is 0 Å². The number of carbonyl (C=O) groups is 1. The second kappa shape index (κ2) is 9.17. The van der Waals surface area contributed by atoms with E-state index in [2.05, 4.69) is 10.0 Å². The lowest BCUT2D eigenvalue weighted by atomic mass is 10.1. The molecule has 156 valence electrons. The summed E-state index contributed by atoms with van der Waals surface area (Å²) < 4.78 is 54.3. The molecule has 6 nitrogen and oxygen atoms in total. The lowest BCUT2D eigenvalue weighted by Gasteiger charge is -2.31. The first-order valence-corrected chi connectivity index (χ1v) is 10.8. The van der Waals surface area contributed by atoms with Gasteiger partial charge in [-0.25, -0.2) is 21.9 Å². The molecule has 2 N–H and O–H groups in total. The highest BCUT2D eigenvalue weighted by Gasteiger charge is 2.25. The van der Waals surface area contributed by atoms with E-state index in [1.165, 1.54) is 24.3 Å². The van der Waals surface area contributed by atoms with E-state index in [1.54, 1.807) is 0 Å². The molecule has 2 aromatic carbocycles. The summed E-state index contributed by atoms with van der Waals surface area (Å²) in [5.41, 5.74) is -0.208. The summed E-state index contributed by atoms with van der Waals surface area (Å²) in [6.45, 7) is 0.992. The Balaban J connectivity index is 1.49. The number of halogens is 3. The topological polar surface area (TPSA) is 78.5 Å². The van der Waals surface area contributed by atoms with Gasteiger partial charge in [0, 0.05) is 30.2 Å². The molecule has 0 aliphatic carbocycles. The van der Waals surface area contributed by atoms with Crippen molar-refractivity contribution in [1.29, 1.82) is 0 Å². The fraction of sp³-hybridized carbons (Fsp3) is 0.316. The zero-order valence-electron chi connectivity index (χ0n) is 15.4. The molecule has 1 aliphatic heterocycles. The molecular formula is C19H20ClF2N3O3S. The summed E-state index contributed by atoms with van der Waals surface area (Å²) in [6, 6.07) is 8.49. The lowest BCUT2D eigenvalue weighted by molar-refractivity contribution is -0.117. The van der Waals surface area contributed by atoms with Crippen LogP contribution in [0.15, 0.2) is 47.4 Å². The summed E-state index contributed by atoms with van der Waals surface area (Å²) in [4.78, 5) is 14.1. The van der Waals surface area contributed by atoms with Crippen molar-refractivity contribution in [3.63, 3.8) is 0 Å². The molecule has 10 heteroatoms. The van der Waals surface area contributed by atoms with Crippen LogP contribution in [0.2, 0.25) is 5.02 Å².